The van der Waals surface area contributed by atoms with Gasteiger partial charge in [-0.15, -0.1) is 0 Å². The third kappa shape index (κ3) is 4.92. The molecular weight excluding hydrogens is 416 g/mol. The van der Waals surface area contributed by atoms with Gasteiger partial charge in [0.1, 0.15) is 31.3 Å². The second-order valence-electron chi connectivity index (χ2n) is 5.46. The van der Waals surface area contributed by atoms with Gasteiger partial charge in [0.2, 0.25) is 6.33 Å². The predicted octanol–water partition coefficient (Wildman–Crippen LogP) is 5.54. The minimum Gasteiger partial charge on any atom is -0.391 e. The number of nitrogens with one attached hydrogen (secondary N) is 1. The second kappa shape index (κ2) is 8.78. The van der Waals surface area contributed by atoms with E-state index in [4.69, 9.17) is 51.2 Å². The number of H-pyrrole nitrogens is 1. The Morgan fingerprint density at radius 2 is 1.73 bits per heavy atom. The highest BCUT2D eigenvalue weighted by atomic mass is 35.5. The number of halogens is 4. The Morgan fingerprint density at radius 1 is 1.00 bits per heavy atom. The fourth-order valence-electron chi connectivity index (χ4n) is 2.30. The summed E-state index contributed by atoms with van der Waals surface area (Å²) in [5, 5.41) is 6.43. The van der Waals surface area contributed by atoms with E-state index in [1.165, 1.54) is 0 Å². The van der Waals surface area contributed by atoms with Gasteiger partial charge in [0.25, 0.3) is 0 Å². The monoisotopic (exact) mass is 428 g/mol. The van der Waals surface area contributed by atoms with E-state index in [-0.39, 0.29) is 6.61 Å². The van der Waals surface area contributed by atoms with Crippen molar-refractivity contribution in [2.75, 3.05) is 0 Å². The number of hydrogen-bond acceptors (Lipinski definition) is 2. The van der Waals surface area contributed by atoms with Crippen molar-refractivity contribution in [2.45, 2.75) is 13.2 Å². The highest BCUT2D eigenvalue weighted by molar-refractivity contribution is 6.37. The molecule has 3 rings (SSSR count). The molecule has 8 heteroatoms. The minimum atomic E-state index is 0.211. The Balaban J connectivity index is 1.83. The van der Waals surface area contributed by atoms with E-state index in [0.29, 0.717) is 32.3 Å². The van der Waals surface area contributed by atoms with Crippen molar-refractivity contribution in [1.82, 2.24) is 4.98 Å². The van der Waals surface area contributed by atoms with E-state index in [0.717, 1.165) is 11.1 Å². The molecule has 0 aliphatic heterocycles. The zero-order valence-electron chi connectivity index (χ0n) is 13.4. The third-order valence-corrected chi connectivity index (χ3v) is 4.72. The van der Waals surface area contributed by atoms with Crippen LogP contribution in [0, 0.1) is 0 Å². The summed E-state index contributed by atoms with van der Waals surface area (Å²) in [7, 11) is 0. The lowest BCUT2D eigenvalue weighted by molar-refractivity contribution is -0.680. The van der Waals surface area contributed by atoms with E-state index in [9.17, 15) is 0 Å². The SMILES string of the molecule is Clc1ccc(CO/N=C(\C[n+]2cc[nH]c2)c2ccc(Cl)cc2Cl)c(Cl)c1. The van der Waals surface area contributed by atoms with Gasteiger partial charge in [-0.1, -0.05) is 57.6 Å². The lowest BCUT2D eigenvalue weighted by Crippen LogP contribution is -2.36. The Bertz CT molecular complexity index is 926. The fraction of sp³-hybridized carbons (Fsp3) is 0.111. The van der Waals surface area contributed by atoms with Gasteiger partial charge in [-0.2, -0.15) is 0 Å². The van der Waals surface area contributed by atoms with Crippen molar-refractivity contribution in [1.29, 1.82) is 0 Å². The molecule has 4 nitrogen and oxygen atoms in total. The first-order chi connectivity index (χ1) is 12.5. The molecule has 1 heterocycles. The van der Waals surface area contributed by atoms with Gasteiger partial charge in [-0.05, 0) is 30.3 Å². The van der Waals surface area contributed by atoms with Crippen LogP contribution in [0.25, 0.3) is 0 Å². The molecule has 1 N–H and O–H groups in total. The summed E-state index contributed by atoms with van der Waals surface area (Å²) in [4.78, 5) is 8.52. The van der Waals surface area contributed by atoms with Crippen LogP contribution in [0.3, 0.4) is 0 Å². The van der Waals surface area contributed by atoms with E-state index in [1.807, 2.05) is 29.4 Å². The molecule has 0 saturated carbocycles. The van der Waals surface area contributed by atoms with Crippen molar-refractivity contribution in [3.8, 4) is 0 Å². The van der Waals surface area contributed by atoms with Gasteiger partial charge < -0.3 is 4.84 Å². The number of oxime groups is 1. The first-order valence-corrected chi connectivity index (χ1v) is 9.14. The smallest absolute Gasteiger partial charge is 0.241 e. The lowest BCUT2D eigenvalue weighted by Gasteiger charge is -2.09. The molecule has 0 fully saturated rings. The number of hydrogen-bond donors (Lipinski definition) is 1. The van der Waals surface area contributed by atoms with E-state index in [2.05, 4.69) is 10.1 Å². The topological polar surface area (TPSA) is 41.3 Å². The molecule has 0 bridgehead atoms. The number of benzene rings is 2. The Labute approximate surface area is 170 Å². The van der Waals surface area contributed by atoms with E-state index in [1.54, 1.807) is 30.3 Å². The zero-order valence-corrected chi connectivity index (χ0v) is 16.4. The highest BCUT2D eigenvalue weighted by Crippen LogP contribution is 2.23. The summed E-state index contributed by atoms with van der Waals surface area (Å²) in [6.07, 6.45) is 5.51. The molecule has 0 saturated heterocycles. The lowest BCUT2D eigenvalue weighted by atomic mass is 10.1. The van der Waals surface area contributed by atoms with Gasteiger partial charge in [0.15, 0.2) is 0 Å². The maximum Gasteiger partial charge on any atom is 0.241 e. The van der Waals surface area contributed by atoms with Gasteiger partial charge >= 0.3 is 0 Å². The highest BCUT2D eigenvalue weighted by Gasteiger charge is 2.14. The second-order valence-corrected chi connectivity index (χ2v) is 7.14. The molecule has 0 aliphatic rings. The van der Waals surface area contributed by atoms with Gasteiger partial charge in [0, 0.05) is 26.2 Å². The molecule has 3 aromatic rings. The van der Waals surface area contributed by atoms with E-state index < -0.39 is 0 Å². The largest absolute Gasteiger partial charge is 0.391 e. The minimum absolute atomic E-state index is 0.211. The average Bonchev–Trinajstić information content (AvgIpc) is 3.09. The van der Waals surface area contributed by atoms with Crippen LogP contribution in [-0.2, 0) is 18.0 Å². The van der Waals surface area contributed by atoms with Crippen LogP contribution in [-0.4, -0.2) is 10.7 Å². The molecule has 134 valence electrons. The number of aromatic nitrogens is 2. The summed E-state index contributed by atoms with van der Waals surface area (Å²) in [5.74, 6) is 0. The normalized spacial score (nSPS) is 11.6. The Hall–Kier alpha value is -1.72. The summed E-state index contributed by atoms with van der Waals surface area (Å²) >= 11 is 24.4. The first-order valence-electron chi connectivity index (χ1n) is 7.63. The maximum atomic E-state index is 6.33. The fourth-order valence-corrected chi connectivity index (χ4v) is 3.28. The molecule has 26 heavy (non-hydrogen) atoms. The van der Waals surface area contributed by atoms with Gasteiger partial charge in [0.05, 0.1) is 5.02 Å². The summed E-state index contributed by atoms with van der Waals surface area (Å²) in [6.45, 7) is 0.682. The first kappa shape index (κ1) is 19.1. The quantitative estimate of drug-likeness (QED) is 0.312. The Kier molecular flexibility index (Phi) is 6.43. The molecule has 0 atom stereocenters. The summed E-state index contributed by atoms with van der Waals surface area (Å²) in [5.41, 5.74) is 2.18. The maximum absolute atomic E-state index is 6.33. The van der Waals surface area contributed by atoms with Crippen LogP contribution in [0.2, 0.25) is 20.1 Å². The molecule has 0 unspecified atom stereocenters. The number of aromatic amines is 1. The van der Waals surface area contributed by atoms with Crippen molar-refractivity contribution in [3.63, 3.8) is 0 Å². The number of rotatable bonds is 6. The third-order valence-electron chi connectivity index (χ3n) is 3.59. The molecule has 2 aromatic carbocycles. The van der Waals surface area contributed by atoms with Crippen molar-refractivity contribution >= 4 is 52.1 Å². The summed E-state index contributed by atoms with van der Waals surface area (Å²) in [6, 6.07) is 10.5. The predicted molar refractivity (Wildman–Crippen MR) is 105 cm³/mol. The molecule has 0 spiro atoms. The van der Waals surface area contributed by atoms with E-state index >= 15 is 0 Å². The molecule has 0 radical (unpaired) electrons. The summed E-state index contributed by atoms with van der Waals surface area (Å²) < 4.78 is 1.92. The van der Waals surface area contributed by atoms with Crippen molar-refractivity contribution in [2.24, 2.45) is 5.16 Å². The van der Waals surface area contributed by atoms with Crippen LogP contribution in [0.4, 0.5) is 0 Å². The standard InChI is InChI=1S/C18H13Cl4N3O/c19-13-2-1-12(16(21)7-13)10-26-24-18(9-25-6-5-23-11-25)15-4-3-14(20)8-17(15)22/h1-8,11H,9-10H2/p+1/b24-18+. The number of imidazole rings is 1. The number of nitrogens with zero attached hydrogens (tertiary/aromatic N) is 2. The van der Waals surface area contributed by atoms with Crippen LogP contribution in [0.15, 0.2) is 60.3 Å². The molecular formula is C18H14Cl4N3O+. The zero-order chi connectivity index (χ0) is 18.5. The van der Waals surface area contributed by atoms with Crippen LogP contribution >= 0.6 is 46.4 Å². The Morgan fingerprint density at radius 3 is 2.38 bits per heavy atom. The van der Waals surface area contributed by atoms with Crippen LogP contribution in [0.5, 0.6) is 0 Å². The van der Waals surface area contributed by atoms with Crippen LogP contribution in [0.1, 0.15) is 11.1 Å². The van der Waals surface area contributed by atoms with Crippen molar-refractivity contribution in [3.05, 3.63) is 86.3 Å². The molecule has 0 aliphatic carbocycles. The van der Waals surface area contributed by atoms with Gasteiger partial charge in [-0.25, -0.2) is 4.57 Å². The van der Waals surface area contributed by atoms with Crippen LogP contribution < -0.4 is 4.57 Å². The van der Waals surface area contributed by atoms with Gasteiger partial charge in [-0.3, -0.25) is 4.98 Å². The average molecular weight is 430 g/mol. The van der Waals surface area contributed by atoms with Crippen molar-refractivity contribution < 1.29 is 9.40 Å². The molecule has 0 amide bonds. The molecule has 1 aromatic heterocycles.